The predicted octanol–water partition coefficient (Wildman–Crippen LogP) is 2.35. The van der Waals surface area contributed by atoms with E-state index in [4.69, 9.17) is 16.3 Å². The van der Waals surface area contributed by atoms with Gasteiger partial charge in [0.2, 0.25) is 5.91 Å². The van der Waals surface area contributed by atoms with Crippen molar-refractivity contribution in [1.82, 2.24) is 5.43 Å². The third-order valence-corrected chi connectivity index (χ3v) is 3.04. The van der Waals surface area contributed by atoms with Crippen molar-refractivity contribution >= 4 is 23.2 Å². The van der Waals surface area contributed by atoms with Gasteiger partial charge in [0, 0.05) is 17.9 Å². The van der Waals surface area contributed by atoms with Crippen molar-refractivity contribution in [3.63, 3.8) is 0 Å². The minimum atomic E-state index is -0.549. The first-order valence-electron chi connectivity index (χ1n) is 5.42. The van der Waals surface area contributed by atoms with Crippen LogP contribution in [0.15, 0.2) is 17.2 Å². The highest BCUT2D eigenvalue weighted by atomic mass is 35.5. The molecule has 6 heteroatoms. The molecule has 18 heavy (non-hydrogen) atoms. The van der Waals surface area contributed by atoms with E-state index >= 15 is 0 Å². The summed E-state index contributed by atoms with van der Waals surface area (Å²) >= 11 is 5.92. The van der Waals surface area contributed by atoms with Crippen molar-refractivity contribution in [2.45, 2.75) is 13.3 Å². The molecule has 0 aromatic heterocycles. The molecule has 0 fully saturated rings. The Labute approximate surface area is 109 Å². The number of methoxy groups -OCH3 is 1. The average Bonchev–Trinajstić information content (AvgIpc) is 2.28. The molecule has 1 unspecified atom stereocenters. The molecule has 1 aliphatic heterocycles. The Kier molecular flexibility index (Phi) is 3.52. The van der Waals surface area contributed by atoms with Gasteiger partial charge in [0.1, 0.15) is 0 Å². The van der Waals surface area contributed by atoms with Crippen LogP contribution in [0, 0.1) is 11.7 Å². The van der Waals surface area contributed by atoms with Crippen molar-refractivity contribution in [3.05, 3.63) is 28.5 Å². The van der Waals surface area contributed by atoms with E-state index < -0.39 is 5.82 Å². The van der Waals surface area contributed by atoms with Crippen molar-refractivity contribution in [1.29, 1.82) is 0 Å². The summed E-state index contributed by atoms with van der Waals surface area (Å²) in [5.41, 5.74) is 3.54. The lowest BCUT2D eigenvalue weighted by Gasteiger charge is -2.19. The molecule has 0 saturated heterocycles. The maximum atomic E-state index is 13.7. The van der Waals surface area contributed by atoms with Crippen LogP contribution in [-0.4, -0.2) is 18.7 Å². The summed E-state index contributed by atoms with van der Waals surface area (Å²) in [5.74, 6) is -0.769. The SMILES string of the molecule is COc1c(F)cc(C2=NNC(=O)CC2C)cc1Cl. The topological polar surface area (TPSA) is 50.7 Å². The standard InChI is InChI=1S/C12H12ClFN2O2/c1-6-3-10(17)15-16-11(6)7-4-8(13)12(18-2)9(14)5-7/h4-6H,3H2,1-2H3,(H,15,17). The van der Waals surface area contributed by atoms with Crippen LogP contribution in [0.5, 0.6) is 5.75 Å². The van der Waals surface area contributed by atoms with Crippen LogP contribution in [0.3, 0.4) is 0 Å². The first kappa shape index (κ1) is 12.8. The summed E-state index contributed by atoms with van der Waals surface area (Å²) in [4.78, 5) is 11.1. The summed E-state index contributed by atoms with van der Waals surface area (Å²) < 4.78 is 18.6. The Morgan fingerprint density at radius 3 is 2.83 bits per heavy atom. The molecule has 1 heterocycles. The van der Waals surface area contributed by atoms with E-state index in [9.17, 15) is 9.18 Å². The number of hydrazone groups is 1. The Balaban J connectivity index is 2.43. The molecule has 1 atom stereocenters. The minimum absolute atomic E-state index is 0.00788. The lowest BCUT2D eigenvalue weighted by molar-refractivity contribution is -0.121. The number of hydrogen-bond donors (Lipinski definition) is 1. The fraction of sp³-hybridized carbons (Fsp3) is 0.333. The third-order valence-electron chi connectivity index (χ3n) is 2.76. The Bertz CT molecular complexity index is 508. The molecular formula is C12H12ClFN2O2. The number of rotatable bonds is 2. The number of carbonyl (C=O) groups is 1. The number of benzene rings is 1. The van der Waals surface area contributed by atoms with Gasteiger partial charge in [-0.15, -0.1) is 0 Å². The summed E-state index contributed by atoms with van der Waals surface area (Å²) in [7, 11) is 1.35. The normalized spacial score (nSPS) is 19.2. The number of ether oxygens (including phenoxy) is 1. The van der Waals surface area contributed by atoms with E-state index in [2.05, 4.69) is 10.5 Å². The number of hydrogen-bond acceptors (Lipinski definition) is 3. The van der Waals surface area contributed by atoms with Gasteiger partial charge >= 0.3 is 0 Å². The molecule has 1 N–H and O–H groups in total. The highest BCUT2D eigenvalue weighted by molar-refractivity contribution is 6.32. The van der Waals surface area contributed by atoms with Crippen molar-refractivity contribution in [3.8, 4) is 5.75 Å². The van der Waals surface area contributed by atoms with Crippen molar-refractivity contribution < 1.29 is 13.9 Å². The molecule has 0 spiro atoms. The fourth-order valence-electron chi connectivity index (χ4n) is 1.91. The molecule has 0 aliphatic carbocycles. The number of halogens is 2. The number of nitrogens with one attached hydrogen (secondary N) is 1. The summed E-state index contributed by atoms with van der Waals surface area (Å²) in [5, 5.41) is 4.13. The van der Waals surface area contributed by atoms with E-state index in [0.717, 1.165) is 0 Å². The quantitative estimate of drug-likeness (QED) is 0.897. The summed E-state index contributed by atoms with van der Waals surface area (Å²) in [6.45, 7) is 1.85. The van der Waals surface area contributed by atoms with Crippen molar-refractivity contribution in [2.24, 2.45) is 11.0 Å². The Hall–Kier alpha value is -1.62. The highest BCUT2D eigenvalue weighted by Gasteiger charge is 2.23. The number of carbonyl (C=O) groups excluding carboxylic acids is 1. The first-order chi connectivity index (χ1) is 8.52. The van der Waals surface area contributed by atoms with E-state index in [0.29, 0.717) is 17.7 Å². The Morgan fingerprint density at radius 1 is 1.56 bits per heavy atom. The molecule has 0 radical (unpaired) electrons. The second-order valence-electron chi connectivity index (χ2n) is 4.11. The van der Waals surface area contributed by atoms with Gasteiger partial charge in [-0.1, -0.05) is 18.5 Å². The smallest absolute Gasteiger partial charge is 0.240 e. The van der Waals surface area contributed by atoms with Gasteiger partial charge in [-0.2, -0.15) is 5.10 Å². The molecule has 0 bridgehead atoms. The molecule has 1 aromatic rings. The van der Waals surface area contributed by atoms with E-state index in [1.807, 2.05) is 6.92 Å². The average molecular weight is 271 g/mol. The van der Waals surface area contributed by atoms with E-state index in [-0.39, 0.29) is 22.6 Å². The van der Waals surface area contributed by atoms with E-state index in [1.165, 1.54) is 13.2 Å². The van der Waals surface area contributed by atoms with E-state index in [1.54, 1.807) is 6.07 Å². The zero-order valence-corrected chi connectivity index (χ0v) is 10.7. The van der Waals surface area contributed by atoms with Gasteiger partial charge in [-0.25, -0.2) is 9.82 Å². The molecule has 2 rings (SSSR count). The van der Waals surface area contributed by atoms with Gasteiger partial charge in [-0.05, 0) is 12.1 Å². The number of amides is 1. The second-order valence-corrected chi connectivity index (χ2v) is 4.52. The van der Waals surface area contributed by atoms with Gasteiger partial charge in [-0.3, -0.25) is 4.79 Å². The molecular weight excluding hydrogens is 259 g/mol. The summed E-state index contributed by atoms with van der Waals surface area (Å²) in [6.07, 6.45) is 0.324. The van der Waals surface area contributed by atoms with Crippen LogP contribution in [0.25, 0.3) is 0 Å². The molecule has 4 nitrogen and oxygen atoms in total. The second kappa shape index (κ2) is 4.94. The lowest BCUT2D eigenvalue weighted by Crippen LogP contribution is -2.32. The van der Waals surface area contributed by atoms with Crippen LogP contribution in [0.1, 0.15) is 18.9 Å². The molecule has 0 saturated carbocycles. The highest BCUT2D eigenvalue weighted by Crippen LogP contribution is 2.30. The maximum Gasteiger partial charge on any atom is 0.240 e. The number of nitrogens with zero attached hydrogens (tertiary/aromatic N) is 1. The van der Waals surface area contributed by atoms with Crippen LogP contribution in [0.2, 0.25) is 5.02 Å². The fourth-order valence-corrected chi connectivity index (χ4v) is 2.19. The first-order valence-corrected chi connectivity index (χ1v) is 5.80. The van der Waals surface area contributed by atoms with Crippen LogP contribution in [0.4, 0.5) is 4.39 Å². The molecule has 96 valence electrons. The summed E-state index contributed by atoms with van der Waals surface area (Å²) in [6, 6.07) is 2.88. The van der Waals surface area contributed by atoms with Crippen molar-refractivity contribution in [2.75, 3.05) is 7.11 Å². The van der Waals surface area contributed by atoms with Gasteiger partial charge < -0.3 is 4.74 Å². The monoisotopic (exact) mass is 270 g/mol. The maximum absolute atomic E-state index is 13.7. The van der Waals surface area contributed by atoms with Gasteiger partial charge in [0.25, 0.3) is 0 Å². The third kappa shape index (κ3) is 2.31. The van der Waals surface area contributed by atoms with Crippen LogP contribution < -0.4 is 10.2 Å². The zero-order chi connectivity index (χ0) is 13.3. The zero-order valence-electron chi connectivity index (χ0n) is 9.96. The van der Waals surface area contributed by atoms with Gasteiger partial charge in [0.05, 0.1) is 17.8 Å². The van der Waals surface area contributed by atoms with Gasteiger partial charge in [0.15, 0.2) is 11.6 Å². The molecule has 1 aliphatic rings. The van der Waals surface area contributed by atoms with Crippen LogP contribution in [-0.2, 0) is 4.79 Å². The Morgan fingerprint density at radius 2 is 2.28 bits per heavy atom. The predicted molar refractivity (Wildman–Crippen MR) is 66.4 cm³/mol. The lowest BCUT2D eigenvalue weighted by atomic mass is 9.94. The van der Waals surface area contributed by atoms with Crippen LogP contribution >= 0.6 is 11.6 Å². The largest absolute Gasteiger partial charge is 0.492 e. The molecule has 1 amide bonds. The minimum Gasteiger partial charge on any atom is -0.492 e. The molecule has 1 aromatic carbocycles.